The van der Waals surface area contributed by atoms with Crippen LogP contribution in [-0.4, -0.2) is 133 Å². The maximum absolute atomic E-state index is 14.0. The second kappa shape index (κ2) is 14.3. The predicted octanol–water partition coefficient (Wildman–Crippen LogP) is 3.47. The van der Waals surface area contributed by atoms with E-state index in [2.05, 4.69) is 20.1 Å². The molecule has 12 heteroatoms. The molecule has 52 heavy (non-hydrogen) atoms. The second-order valence-electron chi connectivity index (χ2n) is 17.4. The molecule has 10 heterocycles. The van der Waals surface area contributed by atoms with Crippen LogP contribution in [0.5, 0.6) is 0 Å². The van der Waals surface area contributed by atoms with Gasteiger partial charge in [-0.25, -0.2) is 0 Å². The third-order valence-electron chi connectivity index (χ3n) is 13.9. The number of methoxy groups -OCH3 is 1. The smallest absolute Gasteiger partial charge is 0.172 e. The molecule has 290 valence electrons. The molecular weight excluding hydrogens is 672 g/mol. The Balaban J connectivity index is 0.994. The molecule has 0 aromatic carbocycles. The number of hydrogen-bond acceptors (Lipinski definition) is 12. The highest BCUT2D eigenvalue weighted by Gasteiger charge is 2.68. The summed E-state index contributed by atoms with van der Waals surface area (Å²) >= 11 is 0. The minimum Gasteiger partial charge on any atom is -0.394 e. The first-order chi connectivity index (χ1) is 25.1. The van der Waals surface area contributed by atoms with Crippen LogP contribution in [0.1, 0.15) is 90.4 Å². The third-order valence-corrected chi connectivity index (χ3v) is 13.9. The Kier molecular flexibility index (Phi) is 10.0. The average molecular weight is 731 g/mol. The lowest BCUT2D eigenvalue weighted by Gasteiger charge is -2.47. The predicted molar refractivity (Wildman–Crippen MR) is 184 cm³/mol. The van der Waals surface area contributed by atoms with Crippen LogP contribution in [0.4, 0.5) is 0 Å². The maximum Gasteiger partial charge on any atom is 0.172 e. The van der Waals surface area contributed by atoms with Gasteiger partial charge in [0, 0.05) is 51.6 Å². The number of fused-ring (bicyclic) bond motifs is 6. The van der Waals surface area contributed by atoms with E-state index in [1.54, 1.807) is 7.11 Å². The monoisotopic (exact) mass is 730 g/mol. The van der Waals surface area contributed by atoms with Gasteiger partial charge < -0.3 is 52.8 Å². The highest BCUT2D eigenvalue weighted by molar-refractivity contribution is 5.79. The summed E-state index contributed by atoms with van der Waals surface area (Å²) in [6, 6.07) is 0. The van der Waals surface area contributed by atoms with E-state index in [1.165, 1.54) is 0 Å². The van der Waals surface area contributed by atoms with Gasteiger partial charge in [-0.15, -0.1) is 0 Å². The van der Waals surface area contributed by atoms with Crippen LogP contribution in [0.25, 0.3) is 0 Å². The summed E-state index contributed by atoms with van der Waals surface area (Å²) in [6.45, 7) is 10.7. The van der Waals surface area contributed by atoms with Crippen molar-refractivity contribution in [2.24, 2.45) is 11.8 Å². The Morgan fingerprint density at radius 3 is 2.37 bits per heavy atom. The van der Waals surface area contributed by atoms with Crippen LogP contribution in [0.3, 0.4) is 0 Å². The van der Waals surface area contributed by atoms with Crippen molar-refractivity contribution in [2.45, 2.75) is 194 Å². The lowest BCUT2D eigenvalue weighted by atomic mass is 9.81. The molecule has 0 aliphatic carbocycles. The van der Waals surface area contributed by atoms with Gasteiger partial charge in [0.25, 0.3) is 0 Å². The SMILES string of the molecule is C=C1C[C@@H]2CC[C@@]34C[C@H]5O[C@H]6C(O3)[C@H]3O[C@H](CC[C@@H]3O[C@H]6C5O4)CC(=O)C[C@@H]3[C@@H](OC)[C@@H](C[C@H](O)CO)O[C@H]3C[C@H]3OC(CC[C@@H]1O2)C[C@@H](C)C3=C. The molecule has 10 saturated heterocycles. The second-order valence-corrected chi connectivity index (χ2v) is 17.4. The first-order valence-corrected chi connectivity index (χ1v) is 20.1. The van der Waals surface area contributed by atoms with Crippen LogP contribution >= 0.6 is 0 Å². The van der Waals surface area contributed by atoms with Crippen molar-refractivity contribution in [3.05, 3.63) is 24.3 Å². The van der Waals surface area contributed by atoms with Gasteiger partial charge in [0.15, 0.2) is 5.79 Å². The number of ketones is 1. The minimum absolute atomic E-state index is 0.0260. The molecule has 10 aliphatic rings. The van der Waals surface area contributed by atoms with Gasteiger partial charge in [0.05, 0.1) is 73.8 Å². The Hall–Kier alpha value is -1.29. The van der Waals surface area contributed by atoms with Crippen LogP contribution in [0, 0.1) is 11.8 Å². The highest BCUT2D eigenvalue weighted by Crippen LogP contribution is 2.54. The van der Waals surface area contributed by atoms with E-state index in [0.717, 1.165) is 49.7 Å². The lowest BCUT2D eigenvalue weighted by Crippen LogP contribution is -2.61. The molecule has 0 saturated carbocycles. The van der Waals surface area contributed by atoms with E-state index >= 15 is 0 Å². The van der Waals surface area contributed by atoms with E-state index in [0.29, 0.717) is 25.7 Å². The average Bonchev–Trinajstić information content (AvgIpc) is 3.79. The van der Waals surface area contributed by atoms with Gasteiger partial charge in [0.2, 0.25) is 0 Å². The van der Waals surface area contributed by atoms with Gasteiger partial charge >= 0.3 is 0 Å². The molecular formula is C40H58O12. The molecule has 0 amide bonds. The summed E-state index contributed by atoms with van der Waals surface area (Å²) in [5, 5.41) is 20.1. The topological polar surface area (TPSA) is 141 Å². The van der Waals surface area contributed by atoms with Gasteiger partial charge in [-0.3, -0.25) is 4.79 Å². The Bertz CT molecular complexity index is 1370. The summed E-state index contributed by atoms with van der Waals surface area (Å²) in [7, 11) is 1.63. The first-order valence-electron chi connectivity index (χ1n) is 20.1. The van der Waals surface area contributed by atoms with Gasteiger partial charge in [-0.05, 0) is 62.0 Å². The third kappa shape index (κ3) is 6.59. The lowest BCUT2D eigenvalue weighted by molar-refractivity contribution is -0.292. The van der Waals surface area contributed by atoms with E-state index < -0.39 is 24.1 Å². The van der Waals surface area contributed by atoms with Crippen molar-refractivity contribution in [1.29, 1.82) is 0 Å². The summed E-state index contributed by atoms with van der Waals surface area (Å²) < 4.78 is 59.8. The Morgan fingerprint density at radius 2 is 1.54 bits per heavy atom. The zero-order valence-corrected chi connectivity index (χ0v) is 30.7. The maximum atomic E-state index is 14.0. The minimum atomic E-state index is -0.951. The van der Waals surface area contributed by atoms with Gasteiger partial charge in [-0.1, -0.05) is 20.1 Å². The number of aliphatic hydroxyl groups is 2. The van der Waals surface area contributed by atoms with Crippen molar-refractivity contribution in [3.8, 4) is 0 Å². The molecule has 1 spiro atoms. The molecule has 12 bridgehead atoms. The molecule has 0 aromatic heterocycles. The van der Waals surface area contributed by atoms with Crippen LogP contribution in [-0.2, 0) is 47.4 Å². The fourth-order valence-electron chi connectivity index (χ4n) is 11.3. The number of rotatable bonds is 4. The molecule has 10 fully saturated rings. The quantitative estimate of drug-likeness (QED) is 0.410. The summed E-state index contributed by atoms with van der Waals surface area (Å²) in [5.74, 6) is -0.709. The van der Waals surface area contributed by atoms with E-state index in [1.807, 2.05) is 0 Å². The van der Waals surface area contributed by atoms with Crippen LogP contribution in [0.2, 0.25) is 0 Å². The van der Waals surface area contributed by atoms with Gasteiger partial charge in [-0.2, -0.15) is 0 Å². The fourth-order valence-corrected chi connectivity index (χ4v) is 11.3. The summed E-state index contributed by atoms with van der Waals surface area (Å²) in [6.07, 6.45) is 4.01. The molecule has 12 nitrogen and oxygen atoms in total. The summed E-state index contributed by atoms with van der Waals surface area (Å²) in [5.41, 5.74) is 2.17. The zero-order chi connectivity index (χ0) is 35.9. The number of aliphatic hydroxyl groups excluding tert-OH is 2. The number of hydrogen-bond donors (Lipinski definition) is 2. The number of ether oxygens (including phenoxy) is 9. The molecule has 2 N–H and O–H groups in total. The largest absolute Gasteiger partial charge is 0.394 e. The van der Waals surface area contributed by atoms with E-state index in [-0.39, 0.29) is 123 Å². The van der Waals surface area contributed by atoms with Crippen molar-refractivity contribution >= 4 is 5.78 Å². The van der Waals surface area contributed by atoms with Crippen molar-refractivity contribution < 1.29 is 57.6 Å². The number of carbonyl (C=O) groups is 1. The molecule has 3 unspecified atom stereocenters. The molecule has 10 aliphatic heterocycles. The van der Waals surface area contributed by atoms with Gasteiger partial charge in [0.1, 0.15) is 36.3 Å². The van der Waals surface area contributed by atoms with Crippen molar-refractivity contribution in [2.75, 3.05) is 13.7 Å². The molecule has 10 rings (SSSR count). The Labute approximate surface area is 306 Å². The van der Waals surface area contributed by atoms with Crippen molar-refractivity contribution in [1.82, 2.24) is 0 Å². The summed E-state index contributed by atoms with van der Waals surface area (Å²) in [4.78, 5) is 14.0. The van der Waals surface area contributed by atoms with Crippen LogP contribution in [0.15, 0.2) is 24.3 Å². The number of Topliss-reactive ketones (excluding diaryl/α,β-unsaturated/α-hetero) is 1. The zero-order valence-electron chi connectivity index (χ0n) is 30.7. The normalized spacial score (nSPS) is 52.4. The van der Waals surface area contributed by atoms with E-state index in [9.17, 15) is 15.0 Å². The molecule has 0 aromatic rings. The van der Waals surface area contributed by atoms with Crippen LogP contribution < -0.4 is 0 Å². The van der Waals surface area contributed by atoms with E-state index in [4.69, 9.17) is 42.6 Å². The first kappa shape index (κ1) is 36.4. The standard InChI is InChI=1S/C40H58O12/c1-19-11-24-5-7-28-20(2)12-26(45-28)9-10-40-17-33-36(51-40)37-38(50-33)39(52-40)35-29(49-37)8-6-25(47-35)13-22(42)14-27-31(16-30(46-24)21(19)3)48-32(34(27)44-4)15-23(43)18-41/h19,23-39,41,43H,2-3,5-18H2,1,4H3/t19-,23+,24?,25-,26+,27+,28+,29+,30-,31+,32-,33-,34-,35+,36?,37+,38-,39?,40+/m1/s1. The molecule has 19 atom stereocenters. The molecule has 0 radical (unpaired) electrons. The Morgan fingerprint density at radius 1 is 0.788 bits per heavy atom. The van der Waals surface area contributed by atoms with Crippen molar-refractivity contribution in [3.63, 3.8) is 0 Å². The highest BCUT2D eigenvalue weighted by atomic mass is 16.8. The number of carbonyl (C=O) groups excluding carboxylic acids is 1. The fraction of sp³-hybridized carbons (Fsp3) is 0.875.